The Kier molecular flexibility index (Phi) is 3.59. The van der Waals surface area contributed by atoms with Gasteiger partial charge in [0.2, 0.25) is 0 Å². The maximum atomic E-state index is 5.16. The first-order chi connectivity index (χ1) is 9.85. The molecule has 0 radical (unpaired) electrons. The second kappa shape index (κ2) is 5.70. The first-order valence-corrected chi connectivity index (χ1v) is 6.79. The fraction of sp³-hybridized carbons (Fsp3) is 0.176. The van der Waals surface area contributed by atoms with Gasteiger partial charge in [-0.3, -0.25) is 0 Å². The molecule has 0 aliphatic heterocycles. The van der Waals surface area contributed by atoms with Gasteiger partial charge in [-0.1, -0.05) is 12.1 Å². The Morgan fingerprint density at radius 3 is 2.70 bits per heavy atom. The van der Waals surface area contributed by atoms with Gasteiger partial charge in [0.05, 0.1) is 7.11 Å². The molecule has 2 aromatic carbocycles. The topological polar surface area (TPSA) is 37.0 Å². The lowest BCUT2D eigenvalue weighted by Gasteiger charge is -2.07. The summed E-state index contributed by atoms with van der Waals surface area (Å²) in [6.45, 7) is 0.919. The molecule has 0 amide bonds. The normalized spacial score (nSPS) is 10.7. The molecule has 1 heterocycles. The Labute approximate surface area is 118 Å². The number of nitrogens with one attached hydrogen (secondary N) is 2. The van der Waals surface area contributed by atoms with Crippen LogP contribution in [0.4, 0.5) is 5.69 Å². The molecule has 0 bridgehead atoms. The number of fused-ring (bicyclic) bond motifs is 1. The highest BCUT2D eigenvalue weighted by atomic mass is 16.5. The number of aromatic amines is 1. The van der Waals surface area contributed by atoms with Gasteiger partial charge >= 0.3 is 0 Å². The lowest BCUT2D eigenvalue weighted by atomic mass is 10.1. The lowest BCUT2D eigenvalue weighted by molar-refractivity contribution is 0.414. The molecule has 3 nitrogen and oxygen atoms in total. The fourth-order valence-electron chi connectivity index (χ4n) is 2.31. The molecule has 3 heteroatoms. The summed E-state index contributed by atoms with van der Waals surface area (Å²) in [5.41, 5.74) is 3.64. The summed E-state index contributed by atoms with van der Waals surface area (Å²) in [7, 11) is 1.69. The first kappa shape index (κ1) is 12.6. The minimum Gasteiger partial charge on any atom is -0.497 e. The molecule has 20 heavy (non-hydrogen) atoms. The van der Waals surface area contributed by atoms with Crippen LogP contribution in [0.25, 0.3) is 10.9 Å². The van der Waals surface area contributed by atoms with Crippen molar-refractivity contribution in [1.82, 2.24) is 4.98 Å². The number of hydrogen-bond donors (Lipinski definition) is 2. The van der Waals surface area contributed by atoms with Crippen molar-refractivity contribution in [2.75, 3.05) is 19.0 Å². The van der Waals surface area contributed by atoms with Gasteiger partial charge in [0.25, 0.3) is 0 Å². The molecular weight excluding hydrogens is 248 g/mol. The molecule has 1 aromatic heterocycles. The van der Waals surface area contributed by atoms with Crippen LogP contribution in [0.5, 0.6) is 5.75 Å². The molecule has 0 aliphatic rings. The van der Waals surface area contributed by atoms with Crippen molar-refractivity contribution in [3.8, 4) is 5.75 Å². The number of hydrogen-bond acceptors (Lipinski definition) is 2. The van der Waals surface area contributed by atoms with E-state index in [1.165, 1.54) is 16.5 Å². The minimum atomic E-state index is 0.902. The maximum Gasteiger partial charge on any atom is 0.118 e. The van der Waals surface area contributed by atoms with Crippen molar-refractivity contribution >= 4 is 16.6 Å². The number of anilines is 1. The van der Waals surface area contributed by atoms with E-state index in [1.807, 2.05) is 18.3 Å². The van der Waals surface area contributed by atoms with Crippen LogP contribution in [0.2, 0.25) is 0 Å². The highest BCUT2D eigenvalue weighted by Gasteiger charge is 1.98. The van der Waals surface area contributed by atoms with Gasteiger partial charge in [0.1, 0.15) is 5.75 Å². The highest BCUT2D eigenvalue weighted by molar-refractivity contribution is 5.82. The van der Waals surface area contributed by atoms with E-state index < -0.39 is 0 Å². The third-order valence-corrected chi connectivity index (χ3v) is 3.46. The average molecular weight is 266 g/mol. The van der Waals surface area contributed by atoms with Crippen molar-refractivity contribution in [2.24, 2.45) is 0 Å². The number of rotatable bonds is 5. The van der Waals surface area contributed by atoms with E-state index in [-0.39, 0.29) is 0 Å². The van der Waals surface area contributed by atoms with E-state index in [4.69, 9.17) is 4.74 Å². The maximum absolute atomic E-state index is 5.16. The summed E-state index contributed by atoms with van der Waals surface area (Å²) in [4.78, 5) is 3.20. The standard InChI is InChI=1S/C17H18N2O/c1-20-16-5-2-13(3-6-16)8-10-18-15-4-7-17-14(12-15)9-11-19-17/h2-7,9,11-12,18-19H,8,10H2,1H3. The van der Waals surface area contributed by atoms with Crippen LogP contribution in [0.15, 0.2) is 54.7 Å². The SMILES string of the molecule is COc1ccc(CCNc2ccc3[nH]ccc3c2)cc1. The Morgan fingerprint density at radius 1 is 1.05 bits per heavy atom. The lowest BCUT2D eigenvalue weighted by Crippen LogP contribution is -2.04. The molecule has 0 aliphatic carbocycles. The monoisotopic (exact) mass is 266 g/mol. The molecule has 2 N–H and O–H groups in total. The van der Waals surface area contributed by atoms with Crippen LogP contribution >= 0.6 is 0 Å². The molecule has 3 aromatic rings. The van der Waals surface area contributed by atoms with Gasteiger partial charge in [-0.05, 0) is 48.4 Å². The number of H-pyrrole nitrogens is 1. The van der Waals surface area contributed by atoms with Crippen LogP contribution in [0, 0.1) is 0 Å². The van der Waals surface area contributed by atoms with Crippen LogP contribution in [0.1, 0.15) is 5.56 Å². The predicted molar refractivity (Wildman–Crippen MR) is 83.5 cm³/mol. The zero-order valence-electron chi connectivity index (χ0n) is 11.5. The van der Waals surface area contributed by atoms with Crippen LogP contribution in [0.3, 0.4) is 0 Å². The molecule has 0 unspecified atom stereocenters. The Balaban J connectivity index is 1.58. The molecule has 0 fully saturated rings. The Bertz CT molecular complexity index is 686. The van der Waals surface area contributed by atoms with E-state index >= 15 is 0 Å². The zero-order chi connectivity index (χ0) is 13.8. The van der Waals surface area contributed by atoms with Crippen molar-refractivity contribution < 1.29 is 4.74 Å². The van der Waals surface area contributed by atoms with Gasteiger partial charge < -0.3 is 15.0 Å². The predicted octanol–water partition coefficient (Wildman–Crippen LogP) is 3.83. The molecule has 0 saturated heterocycles. The molecule has 0 spiro atoms. The summed E-state index contributed by atoms with van der Waals surface area (Å²) in [5, 5.41) is 4.69. The number of benzene rings is 2. The van der Waals surface area contributed by atoms with E-state index in [0.717, 1.165) is 24.4 Å². The molecule has 3 rings (SSSR count). The summed E-state index contributed by atoms with van der Waals surface area (Å²) in [5.74, 6) is 0.902. The van der Waals surface area contributed by atoms with E-state index in [2.05, 4.69) is 46.7 Å². The van der Waals surface area contributed by atoms with Gasteiger partial charge in [-0.25, -0.2) is 0 Å². The van der Waals surface area contributed by atoms with Gasteiger partial charge in [-0.15, -0.1) is 0 Å². The number of aromatic nitrogens is 1. The molecule has 0 atom stereocenters. The largest absolute Gasteiger partial charge is 0.497 e. The first-order valence-electron chi connectivity index (χ1n) is 6.79. The van der Waals surface area contributed by atoms with E-state index in [1.54, 1.807) is 7.11 Å². The van der Waals surface area contributed by atoms with Crippen molar-refractivity contribution in [3.05, 3.63) is 60.3 Å². The highest BCUT2D eigenvalue weighted by Crippen LogP contribution is 2.18. The second-order valence-corrected chi connectivity index (χ2v) is 4.80. The van der Waals surface area contributed by atoms with Crippen molar-refractivity contribution in [2.45, 2.75) is 6.42 Å². The van der Waals surface area contributed by atoms with Gasteiger partial charge in [0, 0.05) is 29.3 Å². The van der Waals surface area contributed by atoms with Gasteiger partial charge in [0.15, 0.2) is 0 Å². The Morgan fingerprint density at radius 2 is 1.90 bits per heavy atom. The fourth-order valence-corrected chi connectivity index (χ4v) is 2.31. The summed E-state index contributed by atoms with van der Waals surface area (Å²) < 4.78 is 5.16. The number of methoxy groups -OCH3 is 1. The van der Waals surface area contributed by atoms with Gasteiger partial charge in [-0.2, -0.15) is 0 Å². The minimum absolute atomic E-state index is 0.902. The summed E-state index contributed by atoms with van der Waals surface area (Å²) >= 11 is 0. The van der Waals surface area contributed by atoms with E-state index in [9.17, 15) is 0 Å². The summed E-state index contributed by atoms with van der Waals surface area (Å²) in [6.07, 6.45) is 2.96. The average Bonchev–Trinajstić information content (AvgIpc) is 2.95. The van der Waals surface area contributed by atoms with Crippen molar-refractivity contribution in [1.29, 1.82) is 0 Å². The van der Waals surface area contributed by atoms with Crippen LogP contribution in [-0.2, 0) is 6.42 Å². The molecule has 0 saturated carbocycles. The zero-order valence-corrected chi connectivity index (χ0v) is 11.5. The Hall–Kier alpha value is -2.42. The number of ether oxygens (including phenoxy) is 1. The third-order valence-electron chi connectivity index (χ3n) is 3.46. The second-order valence-electron chi connectivity index (χ2n) is 4.80. The third kappa shape index (κ3) is 2.77. The van der Waals surface area contributed by atoms with E-state index in [0.29, 0.717) is 0 Å². The molecular formula is C17H18N2O. The molecule has 102 valence electrons. The quantitative estimate of drug-likeness (QED) is 0.736. The van der Waals surface area contributed by atoms with Crippen LogP contribution in [-0.4, -0.2) is 18.6 Å². The summed E-state index contributed by atoms with van der Waals surface area (Å²) in [6, 6.07) is 16.7. The van der Waals surface area contributed by atoms with Crippen molar-refractivity contribution in [3.63, 3.8) is 0 Å². The smallest absolute Gasteiger partial charge is 0.118 e. The van der Waals surface area contributed by atoms with Crippen LogP contribution < -0.4 is 10.1 Å².